The molecule has 2 heterocycles. The molecule has 4 aromatic rings. The number of fused-ring (bicyclic) bond motifs is 1. The van der Waals surface area contributed by atoms with Gasteiger partial charge >= 0.3 is 6.18 Å². The molecule has 0 spiro atoms. The van der Waals surface area contributed by atoms with E-state index >= 15 is 0 Å². The van der Waals surface area contributed by atoms with Crippen molar-refractivity contribution in [1.82, 2.24) is 15.8 Å². The summed E-state index contributed by atoms with van der Waals surface area (Å²) in [6.45, 7) is 0.229. The molecule has 10 heteroatoms. The lowest BCUT2D eigenvalue weighted by molar-refractivity contribution is -0.269. The lowest BCUT2D eigenvalue weighted by Crippen LogP contribution is -2.42. The van der Waals surface area contributed by atoms with E-state index in [-0.39, 0.29) is 33.8 Å². The first kappa shape index (κ1) is 25.1. The minimum absolute atomic E-state index is 0.0445. The molecule has 5 nitrogen and oxygen atoms in total. The first-order valence-corrected chi connectivity index (χ1v) is 11.8. The zero-order chi connectivity index (χ0) is 26.2. The van der Waals surface area contributed by atoms with Crippen LogP contribution < -0.4 is 10.8 Å². The second-order valence-corrected chi connectivity index (χ2v) is 9.24. The van der Waals surface area contributed by atoms with E-state index in [0.29, 0.717) is 27.6 Å². The van der Waals surface area contributed by atoms with Crippen molar-refractivity contribution in [3.05, 3.63) is 117 Å². The zero-order valence-corrected chi connectivity index (χ0v) is 20.5. The minimum Gasteiger partial charge on any atom is -0.346 e. The fourth-order valence-electron chi connectivity index (χ4n) is 4.24. The Morgan fingerprint density at radius 2 is 1.68 bits per heavy atom. The molecule has 0 saturated carbocycles. The molecule has 1 atom stereocenters. The van der Waals surface area contributed by atoms with E-state index in [1.165, 1.54) is 6.07 Å². The fourth-order valence-corrected chi connectivity index (χ4v) is 4.77. The number of aromatic nitrogens is 1. The van der Waals surface area contributed by atoms with Crippen molar-refractivity contribution in [3.63, 3.8) is 0 Å². The molecule has 0 bridgehead atoms. The van der Waals surface area contributed by atoms with Crippen LogP contribution in [0.2, 0.25) is 10.0 Å². The van der Waals surface area contributed by atoms with Gasteiger partial charge in [-0.1, -0.05) is 59.6 Å². The maximum absolute atomic E-state index is 14.4. The Morgan fingerprint density at radius 1 is 0.973 bits per heavy atom. The number of alkyl halides is 3. The molecule has 0 fully saturated rings. The highest BCUT2D eigenvalue weighted by Crippen LogP contribution is 2.48. The Kier molecular flexibility index (Phi) is 6.58. The molecule has 1 aliphatic rings. The van der Waals surface area contributed by atoms with Crippen molar-refractivity contribution in [1.29, 1.82) is 0 Å². The lowest BCUT2D eigenvalue weighted by atomic mass is 9.90. The summed E-state index contributed by atoms with van der Waals surface area (Å²) in [5.74, 6) is -0.337. The molecule has 1 aliphatic heterocycles. The van der Waals surface area contributed by atoms with Crippen molar-refractivity contribution in [2.24, 2.45) is 0 Å². The van der Waals surface area contributed by atoms with Gasteiger partial charge in [-0.2, -0.15) is 13.2 Å². The van der Waals surface area contributed by atoms with Gasteiger partial charge in [0.25, 0.3) is 5.91 Å². The molecule has 188 valence electrons. The number of halogens is 5. The monoisotopic (exact) mass is 543 g/mol. The first-order valence-electron chi connectivity index (χ1n) is 11.1. The molecular formula is C27H18Cl2F3N3O2. The number of nitrogens with zero attached hydrogens (tertiary/aromatic N) is 1. The summed E-state index contributed by atoms with van der Waals surface area (Å²) in [7, 11) is 0. The number of pyridine rings is 1. The van der Waals surface area contributed by atoms with Gasteiger partial charge in [0.2, 0.25) is 5.60 Å². The third-order valence-corrected chi connectivity index (χ3v) is 6.43. The van der Waals surface area contributed by atoms with Gasteiger partial charge in [0, 0.05) is 32.9 Å². The van der Waals surface area contributed by atoms with Gasteiger partial charge in [0.1, 0.15) is 0 Å². The summed E-state index contributed by atoms with van der Waals surface area (Å²) >= 11 is 12.0. The Labute approximate surface area is 219 Å². The van der Waals surface area contributed by atoms with Crippen LogP contribution in [0.5, 0.6) is 0 Å². The third kappa shape index (κ3) is 4.75. The predicted octanol–water partition coefficient (Wildman–Crippen LogP) is 6.81. The molecular weight excluding hydrogens is 526 g/mol. The van der Waals surface area contributed by atoms with Crippen LogP contribution in [0, 0.1) is 0 Å². The standard InChI is InChI=1S/C27H18Cl2F3N3O2/c28-17-11-16(12-18(29)13-17)26(27(30,31)32)14-24(35-37-26)22-8-9-23(21-7-2-1-6-20(21)22)25(36)34-15-19-5-3-4-10-33-19/h1-14,35H,15H2,(H,34,36). The molecule has 1 amide bonds. The number of hydrogen-bond donors (Lipinski definition) is 2. The van der Waals surface area contributed by atoms with Gasteiger partial charge in [-0.25, -0.2) is 0 Å². The normalized spacial score (nSPS) is 17.4. The fraction of sp³-hybridized carbons (Fsp3) is 0.111. The number of hydroxylamine groups is 1. The summed E-state index contributed by atoms with van der Waals surface area (Å²) < 4.78 is 43.2. The Bertz CT molecular complexity index is 1510. The molecule has 1 aromatic heterocycles. The summed E-state index contributed by atoms with van der Waals surface area (Å²) in [6.07, 6.45) is -2.25. The van der Waals surface area contributed by atoms with Crippen molar-refractivity contribution in [2.45, 2.75) is 18.3 Å². The summed E-state index contributed by atoms with van der Waals surface area (Å²) in [5.41, 5.74) is 0.932. The highest BCUT2D eigenvalue weighted by atomic mass is 35.5. The van der Waals surface area contributed by atoms with Crippen LogP contribution in [0.15, 0.2) is 85.1 Å². The third-order valence-electron chi connectivity index (χ3n) is 6.00. The quantitative estimate of drug-likeness (QED) is 0.290. The number of hydrogen-bond acceptors (Lipinski definition) is 4. The molecule has 2 N–H and O–H groups in total. The molecule has 3 aromatic carbocycles. The first-order chi connectivity index (χ1) is 17.7. The number of carbonyl (C=O) groups is 1. The van der Waals surface area contributed by atoms with Gasteiger partial charge in [-0.15, -0.1) is 0 Å². The Morgan fingerprint density at radius 3 is 2.35 bits per heavy atom. The molecule has 5 rings (SSSR count). The van der Waals surface area contributed by atoms with Crippen LogP contribution in [0.3, 0.4) is 0 Å². The van der Waals surface area contributed by atoms with Crippen LogP contribution in [-0.4, -0.2) is 17.1 Å². The van der Waals surface area contributed by atoms with Crippen LogP contribution >= 0.6 is 23.2 Å². The zero-order valence-electron chi connectivity index (χ0n) is 18.9. The van der Waals surface area contributed by atoms with Crippen molar-refractivity contribution in [3.8, 4) is 0 Å². The van der Waals surface area contributed by atoms with Gasteiger partial charge in [0.05, 0.1) is 17.9 Å². The van der Waals surface area contributed by atoms with E-state index < -0.39 is 11.8 Å². The van der Waals surface area contributed by atoms with Gasteiger partial charge in [-0.05, 0) is 53.2 Å². The number of benzene rings is 3. The van der Waals surface area contributed by atoms with Crippen LogP contribution in [0.4, 0.5) is 13.2 Å². The number of rotatable bonds is 5. The van der Waals surface area contributed by atoms with Gasteiger partial charge in [0.15, 0.2) is 0 Å². The average molecular weight is 544 g/mol. The highest BCUT2D eigenvalue weighted by Gasteiger charge is 2.59. The maximum atomic E-state index is 14.4. The largest absolute Gasteiger partial charge is 0.428 e. The van der Waals surface area contributed by atoms with E-state index in [9.17, 15) is 18.0 Å². The number of carbonyl (C=O) groups excluding carboxylic acids is 1. The van der Waals surface area contributed by atoms with Gasteiger partial charge < -0.3 is 5.32 Å². The molecule has 0 saturated heterocycles. The van der Waals surface area contributed by atoms with E-state index in [1.54, 1.807) is 54.7 Å². The van der Waals surface area contributed by atoms with E-state index in [2.05, 4.69) is 15.8 Å². The molecule has 1 unspecified atom stereocenters. The predicted molar refractivity (Wildman–Crippen MR) is 136 cm³/mol. The second kappa shape index (κ2) is 9.70. The summed E-state index contributed by atoms with van der Waals surface area (Å²) in [4.78, 5) is 22.4. The highest BCUT2D eigenvalue weighted by molar-refractivity contribution is 6.34. The van der Waals surface area contributed by atoms with Gasteiger partial charge in [-0.3, -0.25) is 20.1 Å². The van der Waals surface area contributed by atoms with E-state index in [0.717, 1.165) is 18.2 Å². The van der Waals surface area contributed by atoms with E-state index in [1.807, 2.05) is 6.07 Å². The maximum Gasteiger partial charge on any atom is 0.428 e. The molecule has 0 radical (unpaired) electrons. The molecule has 37 heavy (non-hydrogen) atoms. The van der Waals surface area contributed by atoms with E-state index in [4.69, 9.17) is 28.0 Å². The van der Waals surface area contributed by atoms with Crippen molar-refractivity contribution in [2.75, 3.05) is 0 Å². The SMILES string of the molecule is O=C(NCc1ccccn1)c1ccc(C2=CC(c3cc(Cl)cc(Cl)c3)(C(F)(F)F)ON2)c2ccccc12. The topological polar surface area (TPSA) is 63.2 Å². The van der Waals surface area contributed by atoms with Crippen LogP contribution in [0.1, 0.15) is 27.2 Å². The molecule has 0 aliphatic carbocycles. The van der Waals surface area contributed by atoms with Crippen LogP contribution in [0.25, 0.3) is 16.5 Å². The summed E-state index contributed by atoms with van der Waals surface area (Å²) in [6, 6.07) is 19.2. The average Bonchev–Trinajstić information content (AvgIpc) is 3.34. The minimum atomic E-state index is -4.84. The van der Waals surface area contributed by atoms with Crippen molar-refractivity contribution < 1.29 is 22.8 Å². The second-order valence-electron chi connectivity index (χ2n) is 8.36. The Hall–Kier alpha value is -3.59. The Balaban J connectivity index is 1.55. The van der Waals surface area contributed by atoms with Crippen LogP contribution in [-0.2, 0) is 17.0 Å². The smallest absolute Gasteiger partial charge is 0.346 e. The lowest BCUT2D eigenvalue weighted by Gasteiger charge is -2.28. The van der Waals surface area contributed by atoms with Crippen molar-refractivity contribution >= 4 is 45.6 Å². The number of amides is 1. The number of nitrogens with one attached hydrogen (secondary N) is 2. The summed E-state index contributed by atoms with van der Waals surface area (Å²) in [5, 5.41) is 4.05.